The lowest BCUT2D eigenvalue weighted by atomic mass is 9.95. The van der Waals surface area contributed by atoms with Gasteiger partial charge in [-0.1, -0.05) is 48.5 Å². The molecule has 1 heterocycles. The van der Waals surface area contributed by atoms with E-state index in [-0.39, 0.29) is 5.57 Å². The highest BCUT2D eigenvalue weighted by Gasteiger charge is 2.23. The molecule has 0 bridgehead atoms. The summed E-state index contributed by atoms with van der Waals surface area (Å²) in [6, 6.07) is 22.4. The number of nitrogens with one attached hydrogen (secondary N) is 1. The van der Waals surface area contributed by atoms with Crippen molar-refractivity contribution in [3.63, 3.8) is 0 Å². The van der Waals surface area contributed by atoms with Crippen LogP contribution in [0, 0.1) is 22.7 Å². The van der Waals surface area contributed by atoms with E-state index in [1.54, 1.807) is 6.08 Å². The lowest BCUT2D eigenvalue weighted by Crippen LogP contribution is -2.13. The number of amides is 1. The molecule has 32 heavy (non-hydrogen) atoms. The molecule has 0 spiro atoms. The van der Waals surface area contributed by atoms with E-state index >= 15 is 0 Å². The number of carbonyl (C=O) groups is 1. The van der Waals surface area contributed by atoms with Crippen molar-refractivity contribution in [1.82, 2.24) is 0 Å². The van der Waals surface area contributed by atoms with Crippen molar-refractivity contribution in [2.24, 2.45) is 0 Å². The van der Waals surface area contributed by atoms with Crippen molar-refractivity contribution >= 4 is 49.9 Å². The fourth-order valence-corrected chi connectivity index (χ4v) is 5.67. The van der Waals surface area contributed by atoms with Crippen LogP contribution in [0.5, 0.6) is 0 Å². The van der Waals surface area contributed by atoms with Crippen LogP contribution < -0.4 is 5.32 Å². The van der Waals surface area contributed by atoms with Gasteiger partial charge >= 0.3 is 0 Å². The molecule has 0 fully saturated rings. The Morgan fingerprint density at radius 3 is 2.28 bits per heavy atom. The number of nitriles is 2. The summed E-state index contributed by atoms with van der Waals surface area (Å²) in [7, 11) is 0. The molecule has 1 aliphatic carbocycles. The number of hydrogen-bond donors (Lipinski definition) is 1. The van der Waals surface area contributed by atoms with Crippen molar-refractivity contribution in [2.75, 3.05) is 5.32 Å². The first kappa shape index (κ1) is 20.0. The van der Waals surface area contributed by atoms with E-state index in [4.69, 9.17) is 0 Å². The molecule has 0 saturated carbocycles. The van der Waals surface area contributed by atoms with Gasteiger partial charge in [-0.05, 0) is 70.5 Å². The number of nitrogens with zero attached hydrogens (tertiary/aromatic N) is 2. The highest BCUT2D eigenvalue weighted by Crippen LogP contribution is 2.38. The van der Waals surface area contributed by atoms with Crippen molar-refractivity contribution in [2.45, 2.75) is 25.7 Å². The zero-order valence-corrected chi connectivity index (χ0v) is 18.1. The van der Waals surface area contributed by atoms with Crippen molar-refractivity contribution < 1.29 is 4.79 Å². The Hall–Kier alpha value is -3.93. The number of rotatable bonds is 3. The highest BCUT2D eigenvalue weighted by atomic mass is 32.1. The van der Waals surface area contributed by atoms with Crippen LogP contribution in [0.1, 0.15) is 34.4 Å². The Balaban J connectivity index is 1.59. The lowest BCUT2D eigenvalue weighted by molar-refractivity contribution is -0.112. The first-order valence-electron chi connectivity index (χ1n) is 10.6. The molecule has 3 aromatic carbocycles. The van der Waals surface area contributed by atoms with Gasteiger partial charge in [-0.25, -0.2) is 0 Å². The zero-order valence-electron chi connectivity index (χ0n) is 17.3. The predicted octanol–water partition coefficient (Wildman–Crippen LogP) is 6.35. The molecule has 0 radical (unpaired) electrons. The van der Waals surface area contributed by atoms with Crippen LogP contribution in [0.25, 0.3) is 27.6 Å². The van der Waals surface area contributed by atoms with Gasteiger partial charge in [-0.3, -0.25) is 4.79 Å². The Morgan fingerprint density at radius 1 is 0.969 bits per heavy atom. The third-order valence-electron chi connectivity index (χ3n) is 5.98. The molecule has 1 aromatic heterocycles. The molecule has 0 atom stereocenters. The second-order valence-corrected chi connectivity index (χ2v) is 8.99. The lowest BCUT2D eigenvalue weighted by Gasteiger charge is -2.10. The number of anilines is 1. The van der Waals surface area contributed by atoms with Gasteiger partial charge in [0, 0.05) is 4.88 Å². The summed E-state index contributed by atoms with van der Waals surface area (Å²) in [5.41, 5.74) is 2.46. The quantitative estimate of drug-likeness (QED) is 0.232. The average molecular weight is 434 g/mol. The van der Waals surface area contributed by atoms with E-state index in [0.29, 0.717) is 10.6 Å². The number of hydrogen-bond acceptors (Lipinski definition) is 4. The Bertz CT molecular complexity index is 1440. The summed E-state index contributed by atoms with van der Waals surface area (Å²) in [6.45, 7) is 0. The van der Waals surface area contributed by atoms with Gasteiger partial charge in [0.25, 0.3) is 5.91 Å². The predicted molar refractivity (Wildman–Crippen MR) is 129 cm³/mol. The van der Waals surface area contributed by atoms with Crippen LogP contribution in [-0.2, 0) is 17.6 Å². The Morgan fingerprint density at radius 2 is 1.62 bits per heavy atom. The second-order valence-electron chi connectivity index (χ2n) is 7.88. The number of carbonyl (C=O) groups excluding carboxylic acids is 1. The van der Waals surface area contributed by atoms with Crippen LogP contribution in [-0.4, -0.2) is 5.91 Å². The summed E-state index contributed by atoms with van der Waals surface area (Å²) >= 11 is 1.46. The van der Waals surface area contributed by atoms with Crippen molar-refractivity contribution in [3.8, 4) is 12.1 Å². The highest BCUT2D eigenvalue weighted by molar-refractivity contribution is 7.16. The van der Waals surface area contributed by atoms with Crippen LogP contribution in [0.4, 0.5) is 5.00 Å². The van der Waals surface area contributed by atoms with E-state index in [0.717, 1.165) is 58.4 Å². The van der Waals surface area contributed by atoms with Gasteiger partial charge in [-0.2, -0.15) is 10.5 Å². The SMILES string of the molecule is N#C/C(=C\c1c2ccccc2cc2ccccc12)C(=O)Nc1sc2c(c1C#N)CCCC2. The molecule has 1 amide bonds. The normalized spacial score (nSPS) is 13.4. The summed E-state index contributed by atoms with van der Waals surface area (Å²) < 4.78 is 0. The summed E-state index contributed by atoms with van der Waals surface area (Å²) in [6.07, 6.45) is 5.63. The first-order valence-corrected chi connectivity index (χ1v) is 11.4. The van der Waals surface area contributed by atoms with Crippen LogP contribution in [0.15, 0.2) is 60.2 Å². The third kappa shape index (κ3) is 3.43. The fourth-order valence-electron chi connectivity index (χ4n) is 4.44. The Labute approximate surface area is 190 Å². The zero-order chi connectivity index (χ0) is 22.1. The fraction of sp³-hybridized carbons (Fsp3) is 0.148. The third-order valence-corrected chi connectivity index (χ3v) is 7.18. The van der Waals surface area contributed by atoms with E-state index < -0.39 is 5.91 Å². The van der Waals surface area contributed by atoms with Gasteiger partial charge in [0.2, 0.25) is 0 Å². The van der Waals surface area contributed by atoms with E-state index in [1.165, 1.54) is 16.2 Å². The number of fused-ring (bicyclic) bond motifs is 3. The molecule has 5 rings (SSSR count). The summed E-state index contributed by atoms with van der Waals surface area (Å²) in [5, 5.41) is 27.0. The second kappa shape index (κ2) is 8.30. The molecule has 0 unspecified atom stereocenters. The number of aryl methyl sites for hydroxylation is 1. The van der Waals surface area contributed by atoms with E-state index in [2.05, 4.69) is 23.5 Å². The molecule has 0 saturated heterocycles. The minimum Gasteiger partial charge on any atom is -0.312 e. The van der Waals surface area contributed by atoms with Gasteiger partial charge in [0.15, 0.2) is 0 Å². The minimum atomic E-state index is -0.486. The maximum atomic E-state index is 13.1. The van der Waals surface area contributed by atoms with Crippen LogP contribution in [0.3, 0.4) is 0 Å². The van der Waals surface area contributed by atoms with E-state index in [9.17, 15) is 15.3 Å². The molecule has 4 aromatic rings. The number of benzene rings is 3. The Kier molecular flexibility index (Phi) is 5.19. The number of thiophene rings is 1. The monoisotopic (exact) mass is 433 g/mol. The molecule has 1 aliphatic rings. The minimum absolute atomic E-state index is 0.0155. The maximum Gasteiger partial charge on any atom is 0.266 e. The standard InChI is InChI=1S/C27H19N3OS/c28-15-19(26(31)30-27-24(16-29)22-11-5-6-12-25(22)32-27)14-23-20-9-3-1-7-17(20)13-18-8-2-4-10-21(18)23/h1-4,7-10,13-14H,5-6,11-12H2,(H,30,31)/b19-14+. The van der Waals surface area contributed by atoms with Gasteiger partial charge in [-0.15, -0.1) is 11.3 Å². The van der Waals surface area contributed by atoms with Gasteiger partial charge < -0.3 is 5.32 Å². The topological polar surface area (TPSA) is 76.7 Å². The molecule has 154 valence electrons. The van der Waals surface area contributed by atoms with Crippen molar-refractivity contribution in [1.29, 1.82) is 10.5 Å². The maximum absolute atomic E-state index is 13.1. The summed E-state index contributed by atoms with van der Waals surface area (Å²) in [5.74, 6) is -0.486. The van der Waals surface area contributed by atoms with Crippen LogP contribution >= 0.6 is 11.3 Å². The van der Waals surface area contributed by atoms with Gasteiger partial charge in [0.1, 0.15) is 22.7 Å². The summed E-state index contributed by atoms with van der Waals surface area (Å²) in [4.78, 5) is 14.3. The van der Waals surface area contributed by atoms with Crippen molar-refractivity contribution in [3.05, 3.63) is 81.7 Å². The van der Waals surface area contributed by atoms with E-state index in [1.807, 2.05) is 48.5 Å². The van der Waals surface area contributed by atoms with Gasteiger partial charge in [0.05, 0.1) is 5.56 Å². The molecular formula is C27H19N3OS. The molecule has 4 nitrogen and oxygen atoms in total. The molecule has 5 heteroatoms. The first-order chi connectivity index (χ1) is 15.7. The van der Waals surface area contributed by atoms with Crippen LogP contribution in [0.2, 0.25) is 0 Å². The smallest absolute Gasteiger partial charge is 0.266 e. The molecule has 0 aliphatic heterocycles. The molecular weight excluding hydrogens is 414 g/mol. The average Bonchev–Trinajstić information content (AvgIpc) is 3.18. The molecule has 1 N–H and O–H groups in total. The largest absolute Gasteiger partial charge is 0.312 e.